The van der Waals surface area contributed by atoms with Crippen LogP contribution in [0.1, 0.15) is 51.4 Å². The maximum Gasteiger partial charge on any atom is 0.0572 e. The first-order valence-electron chi connectivity index (χ1n) is 6.75. The first-order chi connectivity index (χ1) is 7.78. The Bertz CT molecular complexity index is 194. The van der Waals surface area contributed by atoms with Gasteiger partial charge in [0, 0.05) is 19.2 Å². The lowest BCUT2D eigenvalue weighted by Crippen LogP contribution is -2.43. The summed E-state index contributed by atoms with van der Waals surface area (Å²) < 4.78 is 5.38. The van der Waals surface area contributed by atoms with Crippen LogP contribution in [0.15, 0.2) is 0 Å². The van der Waals surface area contributed by atoms with Crippen LogP contribution in [-0.2, 0) is 4.74 Å². The smallest absolute Gasteiger partial charge is 0.0572 e. The predicted octanol–water partition coefficient (Wildman–Crippen LogP) is 1.84. The van der Waals surface area contributed by atoms with E-state index in [1.165, 1.54) is 25.7 Å². The number of methoxy groups -OCH3 is 1. The molecule has 0 aromatic carbocycles. The van der Waals surface area contributed by atoms with E-state index in [0.29, 0.717) is 18.2 Å². The van der Waals surface area contributed by atoms with E-state index in [4.69, 9.17) is 4.74 Å². The number of aliphatic hydroxyl groups is 1. The van der Waals surface area contributed by atoms with Gasteiger partial charge in [-0.25, -0.2) is 0 Å². The van der Waals surface area contributed by atoms with Gasteiger partial charge < -0.3 is 15.2 Å². The fourth-order valence-corrected chi connectivity index (χ4v) is 3.04. The Balaban J connectivity index is 1.66. The maximum atomic E-state index is 9.46. The number of rotatable bonds is 3. The summed E-state index contributed by atoms with van der Waals surface area (Å²) in [7, 11) is 1.82. The van der Waals surface area contributed by atoms with Gasteiger partial charge in [-0.15, -0.1) is 0 Å². The largest absolute Gasteiger partial charge is 0.393 e. The monoisotopic (exact) mass is 227 g/mol. The first kappa shape index (κ1) is 12.3. The van der Waals surface area contributed by atoms with Gasteiger partial charge in [-0.2, -0.15) is 0 Å². The van der Waals surface area contributed by atoms with E-state index in [9.17, 15) is 5.11 Å². The molecule has 0 unspecified atom stereocenters. The quantitative estimate of drug-likeness (QED) is 0.773. The van der Waals surface area contributed by atoms with Crippen molar-refractivity contribution in [2.24, 2.45) is 0 Å². The van der Waals surface area contributed by atoms with Crippen LogP contribution in [0, 0.1) is 0 Å². The van der Waals surface area contributed by atoms with Gasteiger partial charge in [-0.05, 0) is 51.4 Å². The summed E-state index contributed by atoms with van der Waals surface area (Å²) in [5.74, 6) is 0. The van der Waals surface area contributed by atoms with Crippen LogP contribution < -0.4 is 5.32 Å². The normalized spacial score (nSPS) is 40.9. The summed E-state index contributed by atoms with van der Waals surface area (Å²) in [4.78, 5) is 0. The van der Waals surface area contributed by atoms with Gasteiger partial charge in [0.05, 0.1) is 12.2 Å². The summed E-state index contributed by atoms with van der Waals surface area (Å²) in [6, 6.07) is 1.33. The molecule has 0 saturated heterocycles. The molecular weight excluding hydrogens is 202 g/mol. The highest BCUT2D eigenvalue weighted by Crippen LogP contribution is 2.24. The molecule has 16 heavy (non-hydrogen) atoms. The van der Waals surface area contributed by atoms with E-state index < -0.39 is 0 Å². The molecule has 3 nitrogen and oxygen atoms in total. The van der Waals surface area contributed by atoms with E-state index in [0.717, 1.165) is 25.7 Å². The highest BCUT2D eigenvalue weighted by molar-refractivity contribution is 4.83. The molecule has 3 heteroatoms. The standard InChI is InChI=1S/C13H25NO2/c1-16-13-8-4-11(5-9-13)14-10-2-6-12(15)7-3-10/h10-15H,2-9H2,1H3. The summed E-state index contributed by atoms with van der Waals surface area (Å²) in [5.41, 5.74) is 0. The fraction of sp³-hybridized carbons (Fsp3) is 1.00. The lowest BCUT2D eigenvalue weighted by molar-refractivity contribution is 0.0578. The average molecular weight is 227 g/mol. The van der Waals surface area contributed by atoms with Crippen LogP contribution in [0.25, 0.3) is 0 Å². The predicted molar refractivity (Wildman–Crippen MR) is 64.5 cm³/mol. The minimum absolute atomic E-state index is 0.0396. The Labute approximate surface area is 98.6 Å². The zero-order chi connectivity index (χ0) is 11.4. The molecule has 0 aromatic heterocycles. The molecule has 2 saturated carbocycles. The molecule has 94 valence electrons. The molecule has 0 aliphatic heterocycles. The molecule has 0 amide bonds. The topological polar surface area (TPSA) is 41.5 Å². The van der Waals surface area contributed by atoms with Gasteiger partial charge in [0.25, 0.3) is 0 Å². The van der Waals surface area contributed by atoms with Gasteiger partial charge >= 0.3 is 0 Å². The molecular formula is C13H25NO2. The second-order valence-electron chi connectivity index (χ2n) is 5.38. The maximum absolute atomic E-state index is 9.46. The molecule has 0 heterocycles. The summed E-state index contributed by atoms with van der Waals surface area (Å²) in [6.07, 6.45) is 9.59. The number of aliphatic hydroxyl groups excluding tert-OH is 1. The van der Waals surface area contributed by atoms with Crippen LogP contribution in [0.4, 0.5) is 0 Å². The van der Waals surface area contributed by atoms with Crippen molar-refractivity contribution in [2.75, 3.05) is 7.11 Å². The second kappa shape index (κ2) is 5.99. The van der Waals surface area contributed by atoms with Crippen molar-refractivity contribution in [3.8, 4) is 0 Å². The minimum atomic E-state index is -0.0396. The van der Waals surface area contributed by atoms with Crippen molar-refractivity contribution < 1.29 is 9.84 Å². The number of hydrogen-bond donors (Lipinski definition) is 2. The molecule has 0 radical (unpaired) electrons. The Morgan fingerprint density at radius 3 is 1.88 bits per heavy atom. The van der Waals surface area contributed by atoms with Gasteiger partial charge in [0.2, 0.25) is 0 Å². The van der Waals surface area contributed by atoms with E-state index in [1.807, 2.05) is 7.11 Å². The third-order valence-corrected chi connectivity index (χ3v) is 4.18. The summed E-state index contributed by atoms with van der Waals surface area (Å²) >= 11 is 0. The van der Waals surface area contributed by atoms with Crippen molar-refractivity contribution >= 4 is 0 Å². The van der Waals surface area contributed by atoms with Crippen molar-refractivity contribution in [3.63, 3.8) is 0 Å². The molecule has 2 N–H and O–H groups in total. The molecule has 0 spiro atoms. The van der Waals surface area contributed by atoms with Crippen LogP contribution in [0.2, 0.25) is 0 Å². The molecule has 2 aliphatic carbocycles. The lowest BCUT2D eigenvalue weighted by atomic mass is 9.89. The number of ether oxygens (including phenoxy) is 1. The third-order valence-electron chi connectivity index (χ3n) is 4.18. The average Bonchev–Trinajstić information content (AvgIpc) is 2.33. The highest BCUT2D eigenvalue weighted by Gasteiger charge is 2.25. The van der Waals surface area contributed by atoms with Crippen molar-refractivity contribution in [1.29, 1.82) is 0 Å². The zero-order valence-corrected chi connectivity index (χ0v) is 10.3. The van der Waals surface area contributed by atoms with Crippen molar-refractivity contribution in [3.05, 3.63) is 0 Å². The van der Waals surface area contributed by atoms with Gasteiger partial charge in [-0.3, -0.25) is 0 Å². The molecule has 0 atom stereocenters. The SMILES string of the molecule is COC1CCC(NC2CCC(O)CC2)CC1. The second-order valence-corrected chi connectivity index (χ2v) is 5.38. The van der Waals surface area contributed by atoms with E-state index in [-0.39, 0.29) is 6.10 Å². The summed E-state index contributed by atoms with van der Waals surface area (Å²) in [6.45, 7) is 0. The van der Waals surface area contributed by atoms with E-state index in [1.54, 1.807) is 0 Å². The van der Waals surface area contributed by atoms with Gasteiger partial charge in [0.15, 0.2) is 0 Å². The van der Waals surface area contributed by atoms with Crippen LogP contribution >= 0.6 is 0 Å². The first-order valence-corrected chi connectivity index (χ1v) is 6.75. The Morgan fingerprint density at radius 2 is 1.38 bits per heavy atom. The van der Waals surface area contributed by atoms with Crippen LogP contribution in [0.3, 0.4) is 0 Å². The third kappa shape index (κ3) is 3.44. The lowest BCUT2D eigenvalue weighted by Gasteiger charge is -2.34. The fourth-order valence-electron chi connectivity index (χ4n) is 3.04. The minimum Gasteiger partial charge on any atom is -0.393 e. The van der Waals surface area contributed by atoms with Crippen LogP contribution in [0.5, 0.6) is 0 Å². The van der Waals surface area contributed by atoms with E-state index >= 15 is 0 Å². The molecule has 2 aliphatic rings. The van der Waals surface area contributed by atoms with E-state index in [2.05, 4.69) is 5.32 Å². The molecule has 2 fully saturated rings. The summed E-state index contributed by atoms with van der Waals surface area (Å²) in [5, 5.41) is 13.2. The Hall–Kier alpha value is -0.120. The molecule has 0 bridgehead atoms. The van der Waals surface area contributed by atoms with Crippen molar-refractivity contribution in [2.45, 2.75) is 75.7 Å². The number of nitrogens with one attached hydrogen (secondary N) is 1. The molecule has 0 aromatic rings. The molecule has 2 rings (SSSR count). The van der Waals surface area contributed by atoms with Crippen LogP contribution in [-0.4, -0.2) is 36.5 Å². The highest BCUT2D eigenvalue weighted by atomic mass is 16.5. The Morgan fingerprint density at radius 1 is 0.875 bits per heavy atom. The van der Waals surface area contributed by atoms with Gasteiger partial charge in [0.1, 0.15) is 0 Å². The van der Waals surface area contributed by atoms with Gasteiger partial charge in [-0.1, -0.05) is 0 Å². The number of hydrogen-bond acceptors (Lipinski definition) is 3. The van der Waals surface area contributed by atoms with Crippen molar-refractivity contribution in [1.82, 2.24) is 5.32 Å². The Kier molecular flexibility index (Phi) is 4.62. The zero-order valence-electron chi connectivity index (χ0n) is 10.3.